The topological polar surface area (TPSA) is 33.1 Å². The molecule has 156 valence electrons. The lowest BCUT2D eigenvalue weighted by atomic mass is 9.91. The SMILES string of the molecule is Clc1cccc(-n2nc(C3CCCN(Cc4ccccc4)C3)c3c2NCCCC3)c1. The van der Waals surface area contributed by atoms with Gasteiger partial charge in [-0.25, -0.2) is 4.68 Å². The lowest BCUT2D eigenvalue weighted by Gasteiger charge is -2.32. The summed E-state index contributed by atoms with van der Waals surface area (Å²) in [4.78, 5) is 2.60. The van der Waals surface area contributed by atoms with Crippen LogP contribution in [0.3, 0.4) is 0 Å². The Morgan fingerprint density at radius 1 is 1.03 bits per heavy atom. The Kier molecular flexibility index (Phi) is 5.78. The molecule has 1 fully saturated rings. The highest BCUT2D eigenvalue weighted by Crippen LogP contribution is 2.36. The van der Waals surface area contributed by atoms with E-state index in [1.165, 1.54) is 54.9 Å². The summed E-state index contributed by atoms with van der Waals surface area (Å²) >= 11 is 6.29. The smallest absolute Gasteiger partial charge is 0.133 e. The van der Waals surface area contributed by atoms with Gasteiger partial charge in [0.25, 0.3) is 0 Å². The molecule has 1 unspecified atom stereocenters. The zero-order valence-electron chi connectivity index (χ0n) is 17.4. The maximum atomic E-state index is 6.29. The molecule has 1 saturated heterocycles. The number of anilines is 1. The highest BCUT2D eigenvalue weighted by Gasteiger charge is 2.29. The molecule has 4 nitrogen and oxygen atoms in total. The molecule has 5 rings (SSSR count). The molecule has 2 aromatic carbocycles. The number of benzene rings is 2. The Labute approximate surface area is 183 Å². The maximum absolute atomic E-state index is 6.29. The van der Waals surface area contributed by atoms with E-state index in [4.69, 9.17) is 16.7 Å². The summed E-state index contributed by atoms with van der Waals surface area (Å²) in [5.41, 5.74) is 5.13. The van der Waals surface area contributed by atoms with Crippen LogP contribution in [0.4, 0.5) is 5.82 Å². The number of hydrogen-bond acceptors (Lipinski definition) is 3. The molecule has 0 amide bonds. The van der Waals surface area contributed by atoms with Crippen LogP contribution in [0.1, 0.15) is 48.4 Å². The van der Waals surface area contributed by atoms with Crippen LogP contribution in [0, 0.1) is 0 Å². The lowest BCUT2D eigenvalue weighted by molar-refractivity contribution is 0.198. The fraction of sp³-hybridized carbons (Fsp3) is 0.400. The van der Waals surface area contributed by atoms with Gasteiger partial charge < -0.3 is 5.32 Å². The molecular formula is C25H29ClN4. The van der Waals surface area contributed by atoms with Gasteiger partial charge in [-0.1, -0.05) is 48.0 Å². The average molecular weight is 421 g/mol. The molecule has 0 saturated carbocycles. The van der Waals surface area contributed by atoms with E-state index < -0.39 is 0 Å². The maximum Gasteiger partial charge on any atom is 0.133 e. The summed E-state index contributed by atoms with van der Waals surface area (Å²) in [6, 6.07) is 18.8. The van der Waals surface area contributed by atoms with Gasteiger partial charge in [-0.05, 0) is 62.4 Å². The quantitative estimate of drug-likeness (QED) is 0.591. The molecule has 30 heavy (non-hydrogen) atoms. The molecule has 0 spiro atoms. The summed E-state index contributed by atoms with van der Waals surface area (Å²) in [6.45, 7) is 4.27. The fourth-order valence-corrected chi connectivity index (χ4v) is 5.10. The van der Waals surface area contributed by atoms with Gasteiger partial charge in [0.15, 0.2) is 0 Å². The van der Waals surface area contributed by atoms with Crippen molar-refractivity contribution in [1.82, 2.24) is 14.7 Å². The van der Waals surface area contributed by atoms with Crippen LogP contribution in [0.25, 0.3) is 5.69 Å². The first-order chi connectivity index (χ1) is 14.8. The molecule has 3 aromatic rings. The number of piperidine rings is 1. The lowest BCUT2D eigenvalue weighted by Crippen LogP contribution is -2.34. The Bertz CT molecular complexity index is 998. The Morgan fingerprint density at radius 3 is 2.80 bits per heavy atom. The highest BCUT2D eigenvalue weighted by molar-refractivity contribution is 6.30. The highest BCUT2D eigenvalue weighted by atomic mass is 35.5. The van der Waals surface area contributed by atoms with Crippen molar-refractivity contribution in [3.05, 3.63) is 76.4 Å². The van der Waals surface area contributed by atoms with E-state index in [9.17, 15) is 0 Å². The third kappa shape index (κ3) is 4.12. The van der Waals surface area contributed by atoms with E-state index >= 15 is 0 Å². The molecule has 5 heteroatoms. The van der Waals surface area contributed by atoms with E-state index in [0.29, 0.717) is 5.92 Å². The largest absolute Gasteiger partial charge is 0.370 e. The van der Waals surface area contributed by atoms with Gasteiger partial charge in [0.1, 0.15) is 5.82 Å². The number of fused-ring (bicyclic) bond motifs is 1. The van der Waals surface area contributed by atoms with E-state index in [0.717, 1.165) is 36.8 Å². The van der Waals surface area contributed by atoms with Crippen LogP contribution in [-0.2, 0) is 13.0 Å². The number of aromatic nitrogens is 2. The molecule has 1 aromatic heterocycles. The molecule has 1 N–H and O–H groups in total. The van der Waals surface area contributed by atoms with E-state index in [1.807, 2.05) is 18.2 Å². The van der Waals surface area contributed by atoms with Gasteiger partial charge in [0.2, 0.25) is 0 Å². The van der Waals surface area contributed by atoms with E-state index in [1.54, 1.807) is 0 Å². The molecule has 1 atom stereocenters. The van der Waals surface area contributed by atoms with Gasteiger partial charge in [-0.2, -0.15) is 5.10 Å². The minimum atomic E-state index is 0.483. The standard InChI is InChI=1S/C25H29ClN4/c26-21-11-6-12-22(16-21)30-25-23(13-4-5-14-27-25)24(28-30)20-10-7-15-29(18-20)17-19-8-2-1-3-9-19/h1-3,6,8-9,11-12,16,20,27H,4-5,7,10,13-15,17-18H2. The first kappa shape index (κ1) is 19.7. The Hall–Kier alpha value is -2.30. The molecule has 2 aliphatic rings. The van der Waals surface area contributed by atoms with Crippen LogP contribution in [0.2, 0.25) is 5.02 Å². The van der Waals surface area contributed by atoms with Crippen LogP contribution in [-0.4, -0.2) is 34.3 Å². The van der Waals surface area contributed by atoms with Crippen molar-refractivity contribution in [2.24, 2.45) is 0 Å². The second kappa shape index (κ2) is 8.83. The summed E-state index contributed by atoms with van der Waals surface area (Å²) in [5.74, 6) is 1.65. The minimum absolute atomic E-state index is 0.483. The Balaban J connectivity index is 1.46. The summed E-state index contributed by atoms with van der Waals surface area (Å²) in [5, 5.41) is 9.59. The fourth-order valence-electron chi connectivity index (χ4n) is 4.92. The van der Waals surface area contributed by atoms with Crippen molar-refractivity contribution < 1.29 is 0 Å². The summed E-state index contributed by atoms with van der Waals surface area (Å²) in [7, 11) is 0. The monoisotopic (exact) mass is 420 g/mol. The molecular weight excluding hydrogens is 392 g/mol. The number of nitrogens with zero attached hydrogens (tertiary/aromatic N) is 3. The molecule has 2 aliphatic heterocycles. The summed E-state index contributed by atoms with van der Waals surface area (Å²) < 4.78 is 2.10. The number of hydrogen-bond donors (Lipinski definition) is 1. The van der Waals surface area contributed by atoms with Crippen molar-refractivity contribution in [2.75, 3.05) is 25.0 Å². The van der Waals surface area contributed by atoms with Crippen LogP contribution in [0.15, 0.2) is 54.6 Å². The average Bonchev–Trinajstić information content (AvgIpc) is 2.96. The van der Waals surface area contributed by atoms with E-state index in [-0.39, 0.29) is 0 Å². The number of nitrogens with one attached hydrogen (secondary N) is 1. The second-order valence-electron chi connectivity index (χ2n) is 8.55. The van der Waals surface area contributed by atoms with Crippen LogP contribution in [0.5, 0.6) is 0 Å². The van der Waals surface area contributed by atoms with E-state index in [2.05, 4.69) is 51.3 Å². The molecule has 0 aliphatic carbocycles. The summed E-state index contributed by atoms with van der Waals surface area (Å²) in [6.07, 6.45) is 5.96. The number of rotatable bonds is 4. The van der Waals surface area contributed by atoms with Crippen molar-refractivity contribution in [2.45, 2.75) is 44.6 Å². The first-order valence-electron chi connectivity index (χ1n) is 11.2. The van der Waals surface area contributed by atoms with Crippen molar-refractivity contribution in [3.63, 3.8) is 0 Å². The molecule has 3 heterocycles. The predicted octanol–water partition coefficient (Wildman–Crippen LogP) is 5.65. The zero-order chi connectivity index (χ0) is 20.3. The van der Waals surface area contributed by atoms with Crippen molar-refractivity contribution in [1.29, 1.82) is 0 Å². The third-order valence-electron chi connectivity index (χ3n) is 6.35. The van der Waals surface area contributed by atoms with Gasteiger partial charge in [0, 0.05) is 36.1 Å². The van der Waals surface area contributed by atoms with Gasteiger partial charge in [0.05, 0.1) is 11.4 Å². The number of likely N-dealkylation sites (tertiary alicyclic amines) is 1. The molecule has 0 bridgehead atoms. The third-order valence-corrected chi connectivity index (χ3v) is 6.59. The number of halogens is 1. The second-order valence-corrected chi connectivity index (χ2v) is 8.98. The molecule has 0 radical (unpaired) electrons. The first-order valence-corrected chi connectivity index (χ1v) is 11.5. The van der Waals surface area contributed by atoms with Gasteiger partial charge in [-0.15, -0.1) is 0 Å². The van der Waals surface area contributed by atoms with Crippen molar-refractivity contribution >= 4 is 17.4 Å². The van der Waals surface area contributed by atoms with Crippen LogP contribution >= 0.6 is 11.6 Å². The normalized spacial score (nSPS) is 19.7. The minimum Gasteiger partial charge on any atom is -0.370 e. The van der Waals surface area contributed by atoms with Crippen LogP contribution < -0.4 is 5.32 Å². The van der Waals surface area contributed by atoms with Gasteiger partial charge >= 0.3 is 0 Å². The predicted molar refractivity (Wildman–Crippen MR) is 124 cm³/mol. The Morgan fingerprint density at radius 2 is 1.93 bits per heavy atom. The van der Waals surface area contributed by atoms with Gasteiger partial charge in [-0.3, -0.25) is 4.90 Å². The van der Waals surface area contributed by atoms with Crippen molar-refractivity contribution in [3.8, 4) is 5.69 Å². The zero-order valence-corrected chi connectivity index (χ0v) is 18.1.